The molecular weight excluding hydrogens is 326 g/mol. The van der Waals surface area contributed by atoms with Crippen molar-refractivity contribution in [3.63, 3.8) is 0 Å². The molecule has 0 radical (unpaired) electrons. The molecule has 0 bridgehead atoms. The molecule has 2 aromatic carbocycles. The first-order valence-corrected chi connectivity index (χ1v) is 8.99. The highest BCUT2D eigenvalue weighted by Gasteiger charge is 2.31. The van der Waals surface area contributed by atoms with Crippen molar-refractivity contribution >= 4 is 27.4 Å². The third kappa shape index (κ3) is 3.07. The summed E-state index contributed by atoms with van der Waals surface area (Å²) in [4.78, 5) is 11.8. The van der Waals surface area contributed by atoms with E-state index >= 15 is 0 Å². The molecule has 0 saturated carbocycles. The Bertz CT molecular complexity index is 903. The Hall–Kier alpha value is -2.54. The van der Waals surface area contributed by atoms with Crippen LogP contribution in [0.15, 0.2) is 47.4 Å². The number of carbonyl (C=O) groups excluding carboxylic acids is 1. The predicted octanol–water partition coefficient (Wildman–Crippen LogP) is 3.17. The lowest BCUT2D eigenvalue weighted by Crippen LogP contribution is -2.47. The molecule has 1 aliphatic heterocycles. The predicted molar refractivity (Wildman–Crippen MR) is 93.6 cm³/mol. The maximum Gasteiger partial charge on any atom is 0.319 e. The van der Waals surface area contributed by atoms with Crippen LogP contribution in [-0.2, 0) is 15.6 Å². The first-order chi connectivity index (χ1) is 11.2. The van der Waals surface area contributed by atoms with Crippen LogP contribution in [0.25, 0.3) is 0 Å². The Balaban J connectivity index is 1.94. The second-order valence-corrected chi connectivity index (χ2v) is 8.07. The minimum absolute atomic E-state index is 0.205. The number of fused-ring (bicyclic) bond motifs is 1. The number of amides is 2. The van der Waals surface area contributed by atoms with E-state index in [0.717, 1.165) is 11.1 Å². The van der Waals surface area contributed by atoms with Crippen LogP contribution in [0.3, 0.4) is 0 Å². The van der Waals surface area contributed by atoms with Gasteiger partial charge in [0.15, 0.2) is 0 Å². The van der Waals surface area contributed by atoms with Gasteiger partial charge in [-0.15, -0.1) is 0 Å². The average molecular weight is 345 g/mol. The number of sulfonamides is 1. The Labute approximate surface area is 141 Å². The van der Waals surface area contributed by atoms with Crippen molar-refractivity contribution in [1.82, 2.24) is 5.32 Å². The van der Waals surface area contributed by atoms with Crippen LogP contribution in [0.5, 0.6) is 0 Å². The van der Waals surface area contributed by atoms with Gasteiger partial charge in [-0.25, -0.2) is 13.2 Å². The molecule has 1 aliphatic rings. The van der Waals surface area contributed by atoms with Crippen LogP contribution in [0.4, 0.5) is 16.2 Å². The summed E-state index contributed by atoms with van der Waals surface area (Å²) < 4.78 is 27.6. The zero-order chi connectivity index (χ0) is 17.5. The lowest BCUT2D eigenvalue weighted by atomic mass is 9.90. The van der Waals surface area contributed by atoms with E-state index in [4.69, 9.17) is 0 Å². The maximum atomic E-state index is 12.5. The van der Waals surface area contributed by atoms with Gasteiger partial charge in [-0.05, 0) is 51.1 Å². The Morgan fingerprint density at radius 3 is 2.38 bits per heavy atom. The molecule has 2 aromatic rings. The molecule has 3 N–H and O–H groups in total. The van der Waals surface area contributed by atoms with Crippen LogP contribution < -0.4 is 15.4 Å². The van der Waals surface area contributed by atoms with Gasteiger partial charge in [-0.1, -0.05) is 17.7 Å². The lowest BCUT2D eigenvalue weighted by Gasteiger charge is -2.34. The number of nitrogens with one attached hydrogen (secondary N) is 3. The van der Waals surface area contributed by atoms with E-state index in [1.807, 2.05) is 20.8 Å². The fraction of sp³-hybridized carbons (Fsp3) is 0.235. The summed E-state index contributed by atoms with van der Waals surface area (Å²) in [6.07, 6.45) is 0. The molecule has 24 heavy (non-hydrogen) atoms. The van der Waals surface area contributed by atoms with Gasteiger partial charge in [0.25, 0.3) is 10.0 Å². The van der Waals surface area contributed by atoms with Crippen molar-refractivity contribution < 1.29 is 13.2 Å². The zero-order valence-electron chi connectivity index (χ0n) is 13.7. The van der Waals surface area contributed by atoms with Gasteiger partial charge in [0.1, 0.15) is 0 Å². The number of rotatable bonds is 3. The number of hydrogen-bond acceptors (Lipinski definition) is 3. The average Bonchev–Trinajstić information content (AvgIpc) is 2.47. The van der Waals surface area contributed by atoms with Crippen LogP contribution in [0.2, 0.25) is 0 Å². The summed E-state index contributed by atoms with van der Waals surface area (Å²) in [5, 5.41) is 5.53. The normalized spacial score (nSPS) is 15.9. The van der Waals surface area contributed by atoms with E-state index in [0.29, 0.717) is 11.4 Å². The van der Waals surface area contributed by atoms with Gasteiger partial charge in [-0.3, -0.25) is 4.72 Å². The molecule has 0 unspecified atom stereocenters. The molecule has 0 saturated heterocycles. The van der Waals surface area contributed by atoms with Gasteiger partial charge in [0.2, 0.25) is 0 Å². The van der Waals surface area contributed by atoms with E-state index in [2.05, 4.69) is 15.4 Å². The third-order valence-corrected chi connectivity index (χ3v) is 5.35. The fourth-order valence-electron chi connectivity index (χ4n) is 2.67. The second-order valence-electron chi connectivity index (χ2n) is 6.38. The lowest BCUT2D eigenvalue weighted by molar-refractivity contribution is 0.239. The summed E-state index contributed by atoms with van der Waals surface area (Å²) in [6.45, 7) is 5.63. The Morgan fingerprint density at radius 2 is 1.71 bits per heavy atom. The molecule has 6 nitrogen and oxygen atoms in total. The molecule has 126 valence electrons. The topological polar surface area (TPSA) is 87.3 Å². The highest BCUT2D eigenvalue weighted by molar-refractivity contribution is 7.92. The Kier molecular flexibility index (Phi) is 3.76. The first kappa shape index (κ1) is 16.3. The monoisotopic (exact) mass is 345 g/mol. The van der Waals surface area contributed by atoms with E-state index < -0.39 is 15.6 Å². The number of urea groups is 1. The fourth-order valence-corrected chi connectivity index (χ4v) is 3.72. The van der Waals surface area contributed by atoms with E-state index in [-0.39, 0.29) is 10.9 Å². The van der Waals surface area contributed by atoms with Gasteiger partial charge in [0, 0.05) is 16.9 Å². The zero-order valence-corrected chi connectivity index (χ0v) is 14.5. The number of carbonyl (C=O) groups is 1. The largest absolute Gasteiger partial charge is 0.329 e. The maximum absolute atomic E-state index is 12.5. The number of anilines is 2. The van der Waals surface area contributed by atoms with Crippen molar-refractivity contribution in [3.05, 3.63) is 53.6 Å². The van der Waals surface area contributed by atoms with Gasteiger partial charge in [-0.2, -0.15) is 0 Å². The van der Waals surface area contributed by atoms with Crippen LogP contribution in [-0.4, -0.2) is 14.4 Å². The minimum Gasteiger partial charge on any atom is -0.329 e. The molecular formula is C17H19N3O3S. The molecule has 1 heterocycles. The molecule has 0 fully saturated rings. The molecule has 0 atom stereocenters. The standard InChI is InChI=1S/C17H19N3O3S/c1-11-4-7-13(8-5-11)24(22,23)20-12-6-9-15-14(10-12)17(2,3)19-16(21)18-15/h4-10,20H,1-3H3,(H2,18,19,21). The summed E-state index contributed by atoms with van der Waals surface area (Å²) in [6, 6.07) is 11.4. The highest BCUT2D eigenvalue weighted by atomic mass is 32.2. The highest BCUT2D eigenvalue weighted by Crippen LogP contribution is 2.34. The third-order valence-electron chi connectivity index (χ3n) is 3.95. The van der Waals surface area contributed by atoms with Gasteiger partial charge >= 0.3 is 6.03 Å². The molecule has 0 aliphatic carbocycles. The SMILES string of the molecule is Cc1ccc(S(=O)(=O)Nc2ccc3c(c2)C(C)(C)NC(=O)N3)cc1. The van der Waals surface area contributed by atoms with Crippen molar-refractivity contribution in [3.8, 4) is 0 Å². The van der Waals surface area contributed by atoms with E-state index in [1.165, 1.54) is 0 Å². The smallest absolute Gasteiger partial charge is 0.319 e. The van der Waals surface area contributed by atoms with Crippen molar-refractivity contribution in [2.24, 2.45) is 0 Å². The van der Waals surface area contributed by atoms with Gasteiger partial charge < -0.3 is 10.6 Å². The van der Waals surface area contributed by atoms with Crippen LogP contribution in [0.1, 0.15) is 25.0 Å². The number of hydrogen-bond donors (Lipinski definition) is 3. The molecule has 7 heteroatoms. The van der Waals surface area contributed by atoms with Gasteiger partial charge in [0.05, 0.1) is 10.4 Å². The van der Waals surface area contributed by atoms with Crippen LogP contribution >= 0.6 is 0 Å². The Morgan fingerprint density at radius 1 is 1.04 bits per heavy atom. The summed E-state index contributed by atoms with van der Waals surface area (Å²) in [5.41, 5.74) is 2.32. The first-order valence-electron chi connectivity index (χ1n) is 7.51. The van der Waals surface area contributed by atoms with Crippen LogP contribution in [0, 0.1) is 6.92 Å². The van der Waals surface area contributed by atoms with Crippen molar-refractivity contribution in [1.29, 1.82) is 0 Å². The molecule has 2 amide bonds. The molecule has 3 rings (SSSR count). The summed E-state index contributed by atoms with van der Waals surface area (Å²) in [7, 11) is -3.66. The molecule has 0 spiro atoms. The quantitative estimate of drug-likeness (QED) is 0.798. The minimum atomic E-state index is -3.66. The molecule has 0 aromatic heterocycles. The number of benzene rings is 2. The van der Waals surface area contributed by atoms with E-state index in [9.17, 15) is 13.2 Å². The second kappa shape index (κ2) is 5.52. The van der Waals surface area contributed by atoms with E-state index in [1.54, 1.807) is 42.5 Å². The summed E-state index contributed by atoms with van der Waals surface area (Å²) in [5.74, 6) is 0. The number of aryl methyl sites for hydroxylation is 1. The van der Waals surface area contributed by atoms with Crippen molar-refractivity contribution in [2.45, 2.75) is 31.2 Å². The summed E-state index contributed by atoms with van der Waals surface area (Å²) >= 11 is 0. The van der Waals surface area contributed by atoms with Crippen molar-refractivity contribution in [2.75, 3.05) is 10.0 Å².